The summed E-state index contributed by atoms with van der Waals surface area (Å²) < 4.78 is 53.0. The highest BCUT2D eigenvalue weighted by molar-refractivity contribution is 7.91. The molecule has 0 aromatic heterocycles. The number of rotatable bonds is 8. The topological polar surface area (TPSA) is 81.4 Å². The molecule has 0 unspecified atom stereocenters. The molecule has 8 heteroatoms. The van der Waals surface area contributed by atoms with Gasteiger partial charge in [-0.3, -0.25) is 0 Å². The van der Waals surface area contributed by atoms with Crippen molar-refractivity contribution in [2.24, 2.45) is 5.73 Å². The number of sulfone groups is 1. The Bertz CT molecular complexity index is 494. The fraction of sp³-hybridized carbons (Fsp3) is 0.455. The molecule has 0 saturated carbocycles. The van der Waals surface area contributed by atoms with Crippen LogP contribution in [0.4, 0.5) is 14.5 Å². The van der Waals surface area contributed by atoms with Crippen LogP contribution < -0.4 is 11.1 Å². The summed E-state index contributed by atoms with van der Waals surface area (Å²) in [5.74, 6) is -3.44. The Morgan fingerprint density at radius 1 is 1.26 bits per heavy atom. The van der Waals surface area contributed by atoms with Crippen LogP contribution in [0.1, 0.15) is 0 Å². The molecule has 0 fully saturated rings. The lowest BCUT2D eigenvalue weighted by Gasteiger charge is -2.12. The molecule has 0 aliphatic heterocycles. The maximum atomic E-state index is 12.5. The van der Waals surface area contributed by atoms with Gasteiger partial charge in [-0.2, -0.15) is 8.78 Å². The van der Waals surface area contributed by atoms with Gasteiger partial charge in [-0.15, -0.1) is 0 Å². The average molecular weight is 294 g/mol. The third-order valence-electron chi connectivity index (χ3n) is 2.25. The highest BCUT2D eigenvalue weighted by Gasteiger charge is 2.28. The number of nitrogens with one attached hydrogen (secondary N) is 1. The molecule has 5 nitrogen and oxygen atoms in total. The minimum absolute atomic E-state index is 0.138. The zero-order valence-electron chi connectivity index (χ0n) is 10.2. The van der Waals surface area contributed by atoms with E-state index in [0.717, 1.165) is 6.07 Å². The SMILES string of the molecule is NCCOCCNc1ccccc1S(=O)(=O)C(F)F. The fourth-order valence-electron chi connectivity index (χ4n) is 1.40. The van der Waals surface area contributed by atoms with E-state index in [1.165, 1.54) is 12.1 Å². The summed E-state index contributed by atoms with van der Waals surface area (Å²) >= 11 is 0. The van der Waals surface area contributed by atoms with Crippen LogP contribution in [0, 0.1) is 0 Å². The Balaban J connectivity index is 2.74. The smallest absolute Gasteiger partial charge is 0.341 e. The van der Waals surface area contributed by atoms with Gasteiger partial charge in [0.15, 0.2) is 0 Å². The first-order chi connectivity index (χ1) is 9.00. The van der Waals surface area contributed by atoms with Crippen LogP contribution in [0.25, 0.3) is 0 Å². The summed E-state index contributed by atoms with van der Waals surface area (Å²) in [5.41, 5.74) is 5.37. The number of halogens is 2. The standard InChI is InChI=1S/C11H16F2N2O3S/c12-11(13)19(16,17)10-4-2-1-3-9(10)15-6-8-18-7-5-14/h1-4,11,15H,5-8,14H2. The molecule has 3 N–H and O–H groups in total. The van der Waals surface area contributed by atoms with Gasteiger partial charge in [-0.1, -0.05) is 12.1 Å². The van der Waals surface area contributed by atoms with Crippen molar-refractivity contribution in [3.63, 3.8) is 0 Å². The van der Waals surface area contributed by atoms with E-state index in [4.69, 9.17) is 10.5 Å². The van der Waals surface area contributed by atoms with Gasteiger partial charge in [0.2, 0.25) is 9.84 Å². The zero-order chi connectivity index (χ0) is 14.3. The average Bonchev–Trinajstić information content (AvgIpc) is 2.38. The molecular formula is C11H16F2N2O3S. The first kappa shape index (κ1) is 15.8. The Morgan fingerprint density at radius 3 is 2.58 bits per heavy atom. The van der Waals surface area contributed by atoms with Crippen LogP contribution in [0.5, 0.6) is 0 Å². The van der Waals surface area contributed by atoms with E-state index in [-0.39, 0.29) is 5.69 Å². The molecule has 0 atom stereocenters. The second-order valence-electron chi connectivity index (χ2n) is 3.63. The largest absolute Gasteiger partial charge is 0.382 e. The van der Waals surface area contributed by atoms with Crippen LogP contribution in [0.2, 0.25) is 0 Å². The van der Waals surface area contributed by atoms with Crippen molar-refractivity contribution in [2.45, 2.75) is 10.7 Å². The van der Waals surface area contributed by atoms with Crippen LogP contribution in [-0.4, -0.2) is 40.5 Å². The van der Waals surface area contributed by atoms with E-state index in [9.17, 15) is 17.2 Å². The highest BCUT2D eigenvalue weighted by Crippen LogP contribution is 2.25. The monoisotopic (exact) mass is 294 g/mol. The normalized spacial score (nSPS) is 11.8. The second kappa shape index (κ2) is 7.37. The Labute approximate surface area is 110 Å². The summed E-state index contributed by atoms with van der Waals surface area (Å²) in [6.07, 6.45) is 0. The van der Waals surface area contributed by atoms with Crippen LogP contribution in [-0.2, 0) is 14.6 Å². The summed E-state index contributed by atoms with van der Waals surface area (Å²) in [6.45, 7) is 1.38. The molecular weight excluding hydrogens is 278 g/mol. The lowest BCUT2D eigenvalue weighted by atomic mass is 10.3. The van der Waals surface area contributed by atoms with E-state index >= 15 is 0 Å². The number of alkyl halides is 2. The van der Waals surface area contributed by atoms with Crippen molar-refractivity contribution in [1.29, 1.82) is 0 Å². The van der Waals surface area contributed by atoms with Gasteiger partial charge >= 0.3 is 5.76 Å². The number of ether oxygens (including phenoxy) is 1. The number of para-hydroxylation sites is 1. The fourth-order valence-corrected chi connectivity index (χ4v) is 2.31. The molecule has 0 saturated heterocycles. The number of nitrogens with two attached hydrogens (primary N) is 1. The number of benzene rings is 1. The summed E-state index contributed by atoms with van der Waals surface area (Å²) in [5, 5.41) is 2.75. The maximum absolute atomic E-state index is 12.5. The van der Waals surface area contributed by atoms with Crippen LogP contribution >= 0.6 is 0 Å². The lowest BCUT2D eigenvalue weighted by Crippen LogP contribution is -2.17. The lowest BCUT2D eigenvalue weighted by molar-refractivity contribution is 0.151. The quantitative estimate of drug-likeness (QED) is 0.701. The van der Waals surface area contributed by atoms with Gasteiger partial charge in [-0.05, 0) is 12.1 Å². The molecule has 1 rings (SSSR count). The second-order valence-corrected chi connectivity index (χ2v) is 5.52. The predicted octanol–water partition coefficient (Wildman–Crippen LogP) is 1.07. The molecule has 0 heterocycles. The van der Waals surface area contributed by atoms with E-state index in [0.29, 0.717) is 26.3 Å². The number of hydrogen-bond donors (Lipinski definition) is 2. The molecule has 1 aromatic rings. The Hall–Kier alpha value is -1.25. The van der Waals surface area contributed by atoms with Gasteiger partial charge < -0.3 is 15.8 Å². The number of anilines is 1. The van der Waals surface area contributed by atoms with Crippen LogP contribution in [0.15, 0.2) is 29.2 Å². The van der Waals surface area contributed by atoms with Crippen molar-refractivity contribution in [3.8, 4) is 0 Å². The summed E-state index contributed by atoms with van der Waals surface area (Å²) in [6, 6.07) is 5.53. The molecule has 19 heavy (non-hydrogen) atoms. The third-order valence-corrected chi connectivity index (χ3v) is 3.69. The first-order valence-electron chi connectivity index (χ1n) is 5.63. The molecule has 0 radical (unpaired) electrons. The molecule has 0 aliphatic rings. The van der Waals surface area contributed by atoms with Gasteiger partial charge in [0.1, 0.15) is 0 Å². The van der Waals surface area contributed by atoms with Gasteiger partial charge in [-0.25, -0.2) is 8.42 Å². The van der Waals surface area contributed by atoms with E-state index in [2.05, 4.69) is 5.32 Å². The van der Waals surface area contributed by atoms with Crippen molar-refractivity contribution < 1.29 is 21.9 Å². The van der Waals surface area contributed by atoms with Crippen LogP contribution in [0.3, 0.4) is 0 Å². The van der Waals surface area contributed by atoms with Gasteiger partial charge in [0.05, 0.1) is 23.8 Å². The van der Waals surface area contributed by atoms with Crippen molar-refractivity contribution in [1.82, 2.24) is 0 Å². The Kier molecular flexibility index (Phi) is 6.13. The minimum atomic E-state index is -4.61. The molecule has 108 valence electrons. The van der Waals surface area contributed by atoms with E-state index in [1.54, 1.807) is 6.07 Å². The van der Waals surface area contributed by atoms with Crippen molar-refractivity contribution in [2.75, 3.05) is 31.6 Å². The molecule has 0 aliphatic carbocycles. The molecule has 0 amide bonds. The van der Waals surface area contributed by atoms with E-state index < -0.39 is 20.5 Å². The van der Waals surface area contributed by atoms with E-state index in [1.807, 2.05) is 0 Å². The highest BCUT2D eigenvalue weighted by atomic mass is 32.2. The molecule has 1 aromatic carbocycles. The van der Waals surface area contributed by atoms with Gasteiger partial charge in [0.25, 0.3) is 0 Å². The predicted molar refractivity (Wildman–Crippen MR) is 68.0 cm³/mol. The minimum Gasteiger partial charge on any atom is -0.382 e. The van der Waals surface area contributed by atoms with Gasteiger partial charge in [0, 0.05) is 13.1 Å². The summed E-state index contributed by atoms with van der Waals surface area (Å²) in [4.78, 5) is -0.413. The molecule has 0 bridgehead atoms. The third kappa shape index (κ3) is 4.41. The van der Waals surface area contributed by atoms with Crippen molar-refractivity contribution in [3.05, 3.63) is 24.3 Å². The maximum Gasteiger partial charge on any atom is 0.341 e. The zero-order valence-corrected chi connectivity index (χ0v) is 11.0. The van der Waals surface area contributed by atoms with Crippen molar-refractivity contribution >= 4 is 15.5 Å². The first-order valence-corrected chi connectivity index (χ1v) is 7.17. The Morgan fingerprint density at radius 2 is 1.95 bits per heavy atom. The number of hydrogen-bond acceptors (Lipinski definition) is 5. The summed E-state index contributed by atoms with van der Waals surface area (Å²) in [7, 11) is -4.61. The molecule has 0 spiro atoms.